The number of non-ortho nitro benzene ring substituents is 1. The summed E-state index contributed by atoms with van der Waals surface area (Å²) in [6.07, 6.45) is -1.17. The van der Waals surface area contributed by atoms with E-state index in [1.807, 2.05) is 0 Å². The van der Waals surface area contributed by atoms with Crippen LogP contribution >= 0.6 is 0 Å². The maximum absolute atomic E-state index is 12.0. The minimum atomic E-state index is -1.12. The molecule has 0 aliphatic carbocycles. The van der Waals surface area contributed by atoms with Gasteiger partial charge in [0.15, 0.2) is 10.7 Å². The Hall–Kier alpha value is -3.52. The Morgan fingerprint density at radius 1 is 1.44 bits per heavy atom. The Bertz CT molecular complexity index is 826. The molecule has 1 fully saturated rings. The molecule has 11 nitrogen and oxygen atoms in total. The van der Waals surface area contributed by atoms with Gasteiger partial charge in [0.2, 0.25) is 11.3 Å². The summed E-state index contributed by atoms with van der Waals surface area (Å²) in [4.78, 5) is 36.1. The Morgan fingerprint density at radius 2 is 2.07 bits per heavy atom. The van der Waals surface area contributed by atoms with Crippen LogP contribution in [0.5, 0.6) is 0 Å². The van der Waals surface area contributed by atoms with E-state index in [1.54, 1.807) is 0 Å². The van der Waals surface area contributed by atoms with Crippen LogP contribution < -0.4 is 5.32 Å². The van der Waals surface area contributed by atoms with E-state index in [1.165, 1.54) is 31.2 Å². The molecule has 0 radical (unpaired) electrons. The number of nitrogens with one attached hydrogen (secondary N) is 1. The fourth-order valence-electron chi connectivity index (χ4n) is 2.64. The Kier molecular flexibility index (Phi) is 6.04. The summed E-state index contributed by atoms with van der Waals surface area (Å²) < 4.78 is 4.91. The second-order valence-electron chi connectivity index (χ2n) is 5.98. The van der Waals surface area contributed by atoms with Crippen molar-refractivity contribution in [2.24, 2.45) is 5.92 Å². The minimum absolute atomic E-state index is 0.121. The molecule has 0 unspecified atom stereocenters. The predicted molar refractivity (Wildman–Crippen MR) is 89.3 cm³/mol. The first-order valence-electron chi connectivity index (χ1n) is 7.90. The van der Waals surface area contributed by atoms with Gasteiger partial charge in [-0.25, -0.2) is 4.79 Å². The maximum Gasteiger partial charge on any atom is 0.505 e. The summed E-state index contributed by atoms with van der Waals surface area (Å²) in [5, 5.41) is 41.6. The summed E-state index contributed by atoms with van der Waals surface area (Å²) in [5.74, 6) is -2.86. The third kappa shape index (κ3) is 4.56. The van der Waals surface area contributed by atoms with Crippen molar-refractivity contribution in [2.75, 3.05) is 0 Å². The smallest absolute Gasteiger partial charge is 0.505 e. The summed E-state index contributed by atoms with van der Waals surface area (Å²) in [6.45, 7) is 1.16. The maximum atomic E-state index is 12.0. The number of hydrogen-bond acceptors (Lipinski definition) is 8. The average molecular weight is 377 g/mol. The van der Waals surface area contributed by atoms with Gasteiger partial charge in [-0.3, -0.25) is 14.9 Å². The van der Waals surface area contributed by atoms with Crippen molar-refractivity contribution in [2.45, 2.75) is 32.1 Å². The number of nitro benzene ring substituents is 1. The van der Waals surface area contributed by atoms with Crippen molar-refractivity contribution in [1.82, 2.24) is 5.32 Å². The molecular formula is C16H17N4O7+. The van der Waals surface area contributed by atoms with E-state index in [0.717, 1.165) is 0 Å². The van der Waals surface area contributed by atoms with Crippen LogP contribution in [0.1, 0.15) is 18.9 Å². The van der Waals surface area contributed by atoms with Crippen LogP contribution in [0.3, 0.4) is 0 Å². The van der Waals surface area contributed by atoms with E-state index in [4.69, 9.17) is 10.1 Å². The van der Waals surface area contributed by atoms with Gasteiger partial charge in [0, 0.05) is 18.6 Å². The number of diazo groups is 1. The molecule has 0 bridgehead atoms. The van der Waals surface area contributed by atoms with Crippen molar-refractivity contribution in [3.05, 3.63) is 56.4 Å². The van der Waals surface area contributed by atoms with E-state index in [0.29, 0.717) is 5.56 Å². The molecule has 142 valence electrons. The minimum Gasteiger partial charge on any atom is -0.505 e. The third-order valence-electron chi connectivity index (χ3n) is 4.08. The highest BCUT2D eigenvalue weighted by Crippen LogP contribution is 2.25. The Balaban J connectivity index is 2.00. The summed E-state index contributed by atoms with van der Waals surface area (Å²) in [7, 11) is 0. The van der Waals surface area contributed by atoms with Crippen LogP contribution in [0.15, 0.2) is 35.7 Å². The number of rotatable bonds is 7. The lowest BCUT2D eigenvalue weighted by atomic mass is 9.83. The molecule has 0 saturated carbocycles. The summed E-state index contributed by atoms with van der Waals surface area (Å²) >= 11 is 0. The van der Waals surface area contributed by atoms with Gasteiger partial charge in [0.25, 0.3) is 5.69 Å². The largest absolute Gasteiger partial charge is 0.505 e. The molecule has 1 amide bonds. The number of hydrogen-bond donors (Lipinski definition) is 3. The number of esters is 1. The van der Waals surface area contributed by atoms with Gasteiger partial charge in [-0.05, 0) is 24.6 Å². The van der Waals surface area contributed by atoms with Crippen LogP contribution in [-0.4, -0.2) is 39.2 Å². The molecule has 1 heterocycles. The number of nitrogens with zero attached hydrogens (tertiary/aromatic N) is 3. The molecule has 27 heavy (non-hydrogen) atoms. The predicted octanol–water partition coefficient (Wildman–Crippen LogP) is 1.15. The van der Waals surface area contributed by atoms with Crippen molar-refractivity contribution >= 4 is 17.6 Å². The highest BCUT2D eigenvalue weighted by atomic mass is 16.6. The average Bonchev–Trinajstić information content (AvgIpc) is 2.59. The topological polar surface area (TPSA) is 167 Å². The molecule has 3 atom stereocenters. The zero-order valence-corrected chi connectivity index (χ0v) is 14.2. The van der Waals surface area contributed by atoms with Gasteiger partial charge < -0.3 is 20.3 Å². The van der Waals surface area contributed by atoms with E-state index < -0.39 is 40.4 Å². The molecule has 3 N–H and O–H groups in total. The monoisotopic (exact) mass is 377 g/mol. The number of aliphatic hydroxyl groups excluding tert-OH is 2. The van der Waals surface area contributed by atoms with Gasteiger partial charge in [-0.15, -0.1) is 0 Å². The number of β-lactam (4-membered cyclic amide) rings is 1. The first-order chi connectivity index (χ1) is 12.7. The number of nitro groups is 1. The van der Waals surface area contributed by atoms with E-state index in [2.05, 4.69) is 10.3 Å². The summed E-state index contributed by atoms with van der Waals surface area (Å²) in [6, 6.07) is 4.65. The van der Waals surface area contributed by atoms with Crippen molar-refractivity contribution in [3.63, 3.8) is 0 Å². The fourth-order valence-corrected chi connectivity index (χ4v) is 2.64. The van der Waals surface area contributed by atoms with Gasteiger partial charge in [-0.2, -0.15) is 0 Å². The molecule has 0 aromatic heterocycles. The van der Waals surface area contributed by atoms with Gasteiger partial charge in [0.05, 0.1) is 23.0 Å². The van der Waals surface area contributed by atoms with Crippen molar-refractivity contribution < 1.29 is 29.5 Å². The molecule has 11 heteroatoms. The summed E-state index contributed by atoms with van der Waals surface area (Å²) in [5.41, 5.74) is -0.405. The van der Waals surface area contributed by atoms with E-state index in [9.17, 15) is 29.9 Å². The fraction of sp³-hybridized carbons (Fsp3) is 0.375. The number of benzene rings is 1. The lowest BCUT2D eigenvalue weighted by molar-refractivity contribution is -0.384. The lowest BCUT2D eigenvalue weighted by Gasteiger charge is -2.38. The van der Waals surface area contributed by atoms with Crippen molar-refractivity contribution in [1.29, 1.82) is 5.39 Å². The molecule has 1 aliphatic heterocycles. The number of aliphatic hydroxyl groups is 2. The number of carbonyl (C=O) groups is 2. The van der Waals surface area contributed by atoms with Crippen LogP contribution in [0.2, 0.25) is 0 Å². The van der Waals surface area contributed by atoms with Crippen molar-refractivity contribution in [3.8, 4) is 0 Å². The Labute approximate surface area is 153 Å². The molecule has 1 aromatic carbocycles. The Morgan fingerprint density at radius 3 is 2.56 bits per heavy atom. The number of carbonyl (C=O) groups excluding carboxylic acids is 2. The molecular weight excluding hydrogens is 360 g/mol. The molecule has 1 saturated heterocycles. The standard InChI is InChI=1S/C16H16N4O7/c1-8(21)13-11(18-15(13)23)6-12(22)14(19-17)16(24)27-7-9-2-4-10(5-3-9)20(25)26/h2-5,8,11,13,21H,6-7H2,1H3,(H-,18,22,23,24)/p+1/t8-,11-,13-/m1/s1. The zero-order valence-electron chi connectivity index (χ0n) is 14.2. The van der Waals surface area contributed by atoms with Gasteiger partial charge in [0.1, 0.15) is 6.61 Å². The van der Waals surface area contributed by atoms with Gasteiger partial charge >= 0.3 is 11.7 Å². The lowest BCUT2D eigenvalue weighted by Crippen LogP contribution is -2.61. The molecule has 0 spiro atoms. The SMILES string of the molecule is C[C@@H](O)[C@H]1C(=O)N[C@@H]1C/C(O)=C(\[N+]#N)C(=O)OCc1ccc([N+](=O)[O-])cc1. The van der Waals surface area contributed by atoms with E-state index in [-0.39, 0.29) is 24.6 Å². The quantitative estimate of drug-likeness (QED) is 0.121. The van der Waals surface area contributed by atoms with Crippen LogP contribution in [0, 0.1) is 21.4 Å². The molecule has 2 rings (SSSR count). The second kappa shape index (κ2) is 8.24. The normalized spacial score (nSPS) is 20.4. The first kappa shape index (κ1) is 19.8. The van der Waals surface area contributed by atoms with Gasteiger partial charge in [-0.1, -0.05) is 0 Å². The molecule has 1 aromatic rings. The zero-order chi connectivity index (χ0) is 20.1. The highest BCUT2D eigenvalue weighted by molar-refractivity contribution is 5.91. The third-order valence-corrected chi connectivity index (χ3v) is 4.08. The van der Waals surface area contributed by atoms with E-state index >= 15 is 0 Å². The molecule has 1 aliphatic rings. The second-order valence-corrected chi connectivity index (χ2v) is 5.98. The number of amides is 1. The van der Waals surface area contributed by atoms with Crippen LogP contribution in [0.4, 0.5) is 5.69 Å². The van der Waals surface area contributed by atoms with Crippen LogP contribution in [-0.2, 0) is 20.9 Å². The first-order valence-corrected chi connectivity index (χ1v) is 7.90. The number of ether oxygens (including phenoxy) is 1. The van der Waals surface area contributed by atoms with Crippen LogP contribution in [0.25, 0.3) is 4.98 Å². The highest BCUT2D eigenvalue weighted by Gasteiger charge is 2.44.